The molecule has 1 fully saturated rings. The van der Waals surface area contributed by atoms with Crippen molar-refractivity contribution in [1.82, 2.24) is 4.90 Å². The highest BCUT2D eigenvalue weighted by molar-refractivity contribution is 5.81. The Morgan fingerprint density at radius 2 is 2.13 bits per heavy atom. The fraction of sp³-hybridized carbons (Fsp3) is 0.909. The Morgan fingerprint density at radius 1 is 1.53 bits per heavy atom. The van der Waals surface area contributed by atoms with Crippen molar-refractivity contribution < 1.29 is 9.53 Å². The first kappa shape index (κ1) is 12.5. The van der Waals surface area contributed by atoms with Gasteiger partial charge in [-0.1, -0.05) is 12.8 Å². The zero-order chi connectivity index (χ0) is 11.3. The van der Waals surface area contributed by atoms with Crippen LogP contribution >= 0.6 is 0 Å². The summed E-state index contributed by atoms with van der Waals surface area (Å²) in [5, 5.41) is 0. The van der Waals surface area contributed by atoms with Crippen LogP contribution in [0.1, 0.15) is 32.1 Å². The number of carbonyl (C=O) groups excluding carboxylic acids is 1. The van der Waals surface area contributed by atoms with Crippen molar-refractivity contribution in [3.05, 3.63) is 0 Å². The number of hydrogen-bond acceptors (Lipinski definition) is 3. The number of amides is 1. The number of carbonyl (C=O) groups is 1. The van der Waals surface area contributed by atoms with Gasteiger partial charge in [0.25, 0.3) is 0 Å². The minimum absolute atomic E-state index is 0.0546. The van der Waals surface area contributed by atoms with E-state index < -0.39 is 6.04 Å². The molecule has 1 rings (SSSR count). The SMILES string of the molecule is COCCC(N)C(=O)N(C)C1CCCC1. The molecule has 0 spiro atoms. The van der Waals surface area contributed by atoms with Gasteiger partial charge < -0.3 is 15.4 Å². The summed E-state index contributed by atoms with van der Waals surface area (Å²) in [4.78, 5) is 13.7. The van der Waals surface area contributed by atoms with E-state index in [0.717, 1.165) is 12.8 Å². The van der Waals surface area contributed by atoms with Gasteiger partial charge in [-0.2, -0.15) is 0 Å². The Kier molecular flexibility index (Phi) is 5.05. The molecule has 0 aromatic heterocycles. The van der Waals surface area contributed by atoms with Crippen molar-refractivity contribution >= 4 is 5.91 Å². The highest BCUT2D eigenvalue weighted by Gasteiger charge is 2.26. The number of nitrogens with zero attached hydrogens (tertiary/aromatic N) is 1. The summed E-state index contributed by atoms with van der Waals surface area (Å²) >= 11 is 0. The Hall–Kier alpha value is -0.610. The average molecular weight is 214 g/mol. The van der Waals surface area contributed by atoms with Gasteiger partial charge in [0.15, 0.2) is 0 Å². The molecule has 1 aliphatic rings. The van der Waals surface area contributed by atoms with Crippen LogP contribution in [0.3, 0.4) is 0 Å². The lowest BCUT2D eigenvalue weighted by molar-refractivity contribution is -0.133. The fourth-order valence-corrected chi connectivity index (χ4v) is 2.10. The van der Waals surface area contributed by atoms with E-state index in [1.807, 2.05) is 11.9 Å². The van der Waals surface area contributed by atoms with Gasteiger partial charge >= 0.3 is 0 Å². The number of ether oxygens (including phenoxy) is 1. The van der Waals surface area contributed by atoms with Crippen molar-refractivity contribution in [3.63, 3.8) is 0 Å². The van der Waals surface area contributed by atoms with Crippen molar-refractivity contribution in [2.45, 2.75) is 44.2 Å². The summed E-state index contributed by atoms with van der Waals surface area (Å²) in [5.74, 6) is 0.0546. The normalized spacial score (nSPS) is 19.1. The van der Waals surface area contributed by atoms with Gasteiger partial charge in [-0.15, -0.1) is 0 Å². The maximum Gasteiger partial charge on any atom is 0.239 e. The van der Waals surface area contributed by atoms with E-state index in [9.17, 15) is 4.79 Å². The topological polar surface area (TPSA) is 55.6 Å². The van der Waals surface area contributed by atoms with Gasteiger partial charge in [0.05, 0.1) is 6.04 Å². The summed E-state index contributed by atoms with van der Waals surface area (Å²) < 4.78 is 4.92. The van der Waals surface area contributed by atoms with Gasteiger partial charge in [-0.3, -0.25) is 4.79 Å². The van der Waals surface area contributed by atoms with E-state index >= 15 is 0 Å². The maximum absolute atomic E-state index is 11.9. The summed E-state index contributed by atoms with van der Waals surface area (Å²) in [7, 11) is 3.49. The minimum Gasteiger partial charge on any atom is -0.385 e. The number of rotatable bonds is 5. The third-order valence-electron chi connectivity index (χ3n) is 3.17. The molecule has 88 valence electrons. The maximum atomic E-state index is 11.9. The lowest BCUT2D eigenvalue weighted by Crippen LogP contribution is -2.46. The van der Waals surface area contributed by atoms with Crippen LogP contribution in [0.2, 0.25) is 0 Å². The van der Waals surface area contributed by atoms with Crippen molar-refractivity contribution in [2.24, 2.45) is 5.73 Å². The molecule has 1 atom stereocenters. The summed E-state index contributed by atoms with van der Waals surface area (Å²) in [6.07, 6.45) is 5.32. The van der Waals surface area contributed by atoms with Crippen molar-refractivity contribution in [1.29, 1.82) is 0 Å². The molecule has 1 amide bonds. The molecule has 0 aliphatic heterocycles. The second-order valence-electron chi connectivity index (χ2n) is 4.28. The van der Waals surface area contributed by atoms with Crippen LogP contribution in [0.15, 0.2) is 0 Å². The first-order valence-electron chi connectivity index (χ1n) is 5.68. The molecule has 2 N–H and O–H groups in total. The minimum atomic E-state index is -0.407. The van der Waals surface area contributed by atoms with Crippen LogP contribution in [0.25, 0.3) is 0 Å². The van der Waals surface area contributed by atoms with Gasteiger partial charge in [0.1, 0.15) is 0 Å². The molecule has 15 heavy (non-hydrogen) atoms. The predicted octanol–water partition coefficient (Wildman–Crippen LogP) is 0.751. The first-order valence-corrected chi connectivity index (χ1v) is 5.68. The van der Waals surface area contributed by atoms with E-state index in [1.54, 1.807) is 7.11 Å². The third-order valence-corrected chi connectivity index (χ3v) is 3.17. The second kappa shape index (κ2) is 6.08. The number of nitrogens with two attached hydrogens (primary N) is 1. The second-order valence-corrected chi connectivity index (χ2v) is 4.28. The Morgan fingerprint density at radius 3 is 2.67 bits per heavy atom. The van der Waals surface area contributed by atoms with Crippen molar-refractivity contribution in [2.75, 3.05) is 20.8 Å². The number of likely N-dealkylation sites (N-methyl/N-ethyl adjacent to an activating group) is 1. The molecular weight excluding hydrogens is 192 g/mol. The molecule has 0 heterocycles. The van der Waals surface area contributed by atoms with E-state index in [0.29, 0.717) is 19.1 Å². The molecule has 1 unspecified atom stereocenters. The molecule has 0 aromatic carbocycles. The van der Waals surface area contributed by atoms with E-state index in [1.165, 1.54) is 12.8 Å². The molecular formula is C11H22N2O2. The van der Waals surface area contributed by atoms with Crippen LogP contribution in [0.5, 0.6) is 0 Å². The predicted molar refractivity (Wildman–Crippen MR) is 59.5 cm³/mol. The number of hydrogen-bond donors (Lipinski definition) is 1. The number of methoxy groups -OCH3 is 1. The largest absolute Gasteiger partial charge is 0.385 e. The Labute approximate surface area is 91.8 Å². The van der Waals surface area contributed by atoms with Gasteiger partial charge in [0, 0.05) is 26.8 Å². The van der Waals surface area contributed by atoms with Crippen LogP contribution in [0, 0.1) is 0 Å². The molecule has 4 heteroatoms. The third kappa shape index (κ3) is 3.47. The van der Waals surface area contributed by atoms with Gasteiger partial charge in [-0.25, -0.2) is 0 Å². The average Bonchev–Trinajstić information content (AvgIpc) is 2.77. The lowest BCUT2D eigenvalue weighted by Gasteiger charge is -2.27. The zero-order valence-electron chi connectivity index (χ0n) is 9.74. The standard InChI is InChI=1S/C11H22N2O2/c1-13(9-5-3-4-6-9)11(14)10(12)7-8-15-2/h9-10H,3-8,12H2,1-2H3. The molecule has 0 radical (unpaired) electrons. The lowest BCUT2D eigenvalue weighted by atomic mass is 10.1. The van der Waals surface area contributed by atoms with E-state index in [4.69, 9.17) is 10.5 Å². The first-order chi connectivity index (χ1) is 7.16. The molecule has 1 saturated carbocycles. The van der Waals surface area contributed by atoms with Crippen LogP contribution in [-0.2, 0) is 9.53 Å². The summed E-state index contributed by atoms with van der Waals surface area (Å²) in [5.41, 5.74) is 5.80. The monoisotopic (exact) mass is 214 g/mol. The zero-order valence-corrected chi connectivity index (χ0v) is 9.74. The van der Waals surface area contributed by atoms with E-state index in [2.05, 4.69) is 0 Å². The Bertz CT molecular complexity index is 203. The van der Waals surface area contributed by atoms with Crippen LogP contribution in [0.4, 0.5) is 0 Å². The van der Waals surface area contributed by atoms with Gasteiger partial charge in [0.2, 0.25) is 5.91 Å². The highest BCUT2D eigenvalue weighted by atomic mass is 16.5. The molecule has 0 aromatic rings. The van der Waals surface area contributed by atoms with Crippen LogP contribution < -0.4 is 5.73 Å². The molecule has 0 saturated heterocycles. The Balaban J connectivity index is 2.36. The smallest absolute Gasteiger partial charge is 0.239 e. The summed E-state index contributed by atoms with van der Waals surface area (Å²) in [6, 6.07) is 0.00152. The van der Waals surface area contributed by atoms with Crippen molar-refractivity contribution in [3.8, 4) is 0 Å². The highest BCUT2D eigenvalue weighted by Crippen LogP contribution is 2.22. The quantitative estimate of drug-likeness (QED) is 0.735. The summed E-state index contributed by atoms with van der Waals surface area (Å²) in [6.45, 7) is 0.547. The molecule has 1 aliphatic carbocycles. The molecule has 0 bridgehead atoms. The fourth-order valence-electron chi connectivity index (χ4n) is 2.10. The van der Waals surface area contributed by atoms with Gasteiger partial charge in [-0.05, 0) is 19.3 Å². The van der Waals surface area contributed by atoms with Crippen LogP contribution in [-0.4, -0.2) is 43.7 Å². The van der Waals surface area contributed by atoms with E-state index in [-0.39, 0.29) is 5.91 Å². The molecule has 4 nitrogen and oxygen atoms in total.